The van der Waals surface area contributed by atoms with Crippen LogP contribution in [0.1, 0.15) is 38.9 Å². The largest absolute Gasteiger partial charge is 0.339 e. The van der Waals surface area contributed by atoms with Crippen molar-refractivity contribution < 1.29 is 13.7 Å². The Balaban J connectivity index is 1.91. The van der Waals surface area contributed by atoms with E-state index in [4.69, 9.17) is 4.52 Å². The van der Waals surface area contributed by atoms with Crippen molar-refractivity contribution >= 4 is 27.5 Å². The second-order valence-electron chi connectivity index (χ2n) is 5.93. The topological polar surface area (TPSA) is 68.0 Å². The number of aryl methyl sites for hydroxylation is 1. The second kappa shape index (κ2) is 6.56. The first kappa shape index (κ1) is 16.6. The lowest BCUT2D eigenvalue weighted by Gasteiger charge is -2.10. The van der Waals surface area contributed by atoms with Crippen LogP contribution in [0.5, 0.6) is 0 Å². The molecule has 0 fully saturated rings. The zero-order valence-corrected chi connectivity index (χ0v) is 14.2. The highest BCUT2D eigenvalue weighted by Crippen LogP contribution is 2.23. The highest BCUT2D eigenvalue weighted by molar-refractivity contribution is 9.10. The van der Waals surface area contributed by atoms with Crippen LogP contribution in [0.4, 0.5) is 10.1 Å². The smallest absolute Gasteiger partial charge is 0.227 e. The van der Waals surface area contributed by atoms with Gasteiger partial charge in [-0.15, -0.1) is 0 Å². The van der Waals surface area contributed by atoms with Crippen LogP contribution >= 0.6 is 15.9 Å². The first-order chi connectivity index (χ1) is 10.3. The van der Waals surface area contributed by atoms with E-state index < -0.39 is 0 Å². The van der Waals surface area contributed by atoms with Crippen molar-refractivity contribution in [2.75, 3.05) is 5.32 Å². The molecule has 1 heterocycles. The average Bonchev–Trinajstić information content (AvgIpc) is 2.88. The van der Waals surface area contributed by atoms with E-state index in [-0.39, 0.29) is 23.6 Å². The van der Waals surface area contributed by atoms with Gasteiger partial charge >= 0.3 is 0 Å². The van der Waals surface area contributed by atoms with Gasteiger partial charge in [-0.2, -0.15) is 4.98 Å². The first-order valence-electron chi connectivity index (χ1n) is 6.83. The molecule has 0 bridgehead atoms. The predicted octanol–water partition coefficient (Wildman–Crippen LogP) is 3.84. The zero-order valence-electron chi connectivity index (χ0n) is 12.6. The molecule has 7 heteroatoms. The third-order valence-corrected chi connectivity index (χ3v) is 3.57. The minimum Gasteiger partial charge on any atom is -0.339 e. The van der Waals surface area contributed by atoms with Gasteiger partial charge in [-0.25, -0.2) is 4.39 Å². The lowest BCUT2D eigenvalue weighted by molar-refractivity contribution is -0.116. The molecule has 0 aliphatic carbocycles. The molecule has 1 amide bonds. The summed E-state index contributed by atoms with van der Waals surface area (Å²) in [5.74, 6) is 0.468. The Bertz CT molecular complexity index is 680. The normalized spacial score (nSPS) is 11.5. The van der Waals surface area contributed by atoms with Gasteiger partial charge in [0.15, 0.2) is 5.82 Å². The Morgan fingerprint density at radius 2 is 2.14 bits per heavy atom. The van der Waals surface area contributed by atoms with E-state index in [1.807, 2.05) is 20.8 Å². The second-order valence-corrected chi connectivity index (χ2v) is 6.79. The first-order valence-corrected chi connectivity index (χ1v) is 7.63. The highest BCUT2D eigenvalue weighted by Gasteiger charge is 2.21. The van der Waals surface area contributed by atoms with Crippen LogP contribution in [0.25, 0.3) is 0 Å². The summed E-state index contributed by atoms with van der Waals surface area (Å²) in [7, 11) is 0. The van der Waals surface area contributed by atoms with Gasteiger partial charge < -0.3 is 9.84 Å². The van der Waals surface area contributed by atoms with Crippen LogP contribution in [0.15, 0.2) is 27.2 Å². The number of carbonyl (C=O) groups excluding carboxylic acids is 1. The Hall–Kier alpha value is -1.76. The third-order valence-electron chi connectivity index (χ3n) is 2.91. The number of hydrogen-bond acceptors (Lipinski definition) is 4. The molecule has 2 rings (SSSR count). The molecule has 0 saturated carbocycles. The van der Waals surface area contributed by atoms with Crippen molar-refractivity contribution in [3.63, 3.8) is 0 Å². The standard InChI is InChI=1S/C15H17BrFN3O2/c1-15(2,3)14-19-13(22-20-14)7-6-12(21)18-11-5-4-9(17)8-10(11)16/h4-5,8H,6-7H2,1-3H3,(H,18,21). The fraction of sp³-hybridized carbons (Fsp3) is 0.400. The van der Waals surface area contributed by atoms with Crippen LogP contribution < -0.4 is 5.32 Å². The monoisotopic (exact) mass is 369 g/mol. The number of hydrogen-bond donors (Lipinski definition) is 1. The van der Waals surface area contributed by atoms with Gasteiger partial charge in [0.1, 0.15) is 5.82 Å². The number of rotatable bonds is 4. The molecule has 5 nitrogen and oxygen atoms in total. The van der Waals surface area contributed by atoms with Crippen LogP contribution in [-0.4, -0.2) is 16.0 Å². The number of nitrogens with one attached hydrogen (secondary N) is 1. The van der Waals surface area contributed by atoms with Crippen LogP contribution in [0.2, 0.25) is 0 Å². The average molecular weight is 370 g/mol. The molecule has 0 spiro atoms. The van der Waals surface area contributed by atoms with Crippen molar-refractivity contribution in [3.8, 4) is 0 Å². The number of aromatic nitrogens is 2. The minimum absolute atomic E-state index is 0.191. The molecule has 118 valence electrons. The van der Waals surface area contributed by atoms with E-state index in [0.717, 1.165) is 0 Å². The van der Waals surface area contributed by atoms with E-state index in [9.17, 15) is 9.18 Å². The van der Waals surface area contributed by atoms with Crippen LogP contribution in [0, 0.1) is 5.82 Å². The molecule has 0 saturated heterocycles. The Morgan fingerprint density at radius 3 is 2.73 bits per heavy atom. The number of carbonyl (C=O) groups is 1. The molecular formula is C15H17BrFN3O2. The summed E-state index contributed by atoms with van der Waals surface area (Å²) in [6.45, 7) is 5.96. The van der Waals surface area contributed by atoms with Crippen molar-refractivity contribution in [1.82, 2.24) is 10.1 Å². The summed E-state index contributed by atoms with van der Waals surface area (Å²) < 4.78 is 18.6. The number of halogens is 2. The number of anilines is 1. The maximum atomic E-state index is 13.0. The lowest BCUT2D eigenvalue weighted by Crippen LogP contribution is -2.14. The third kappa shape index (κ3) is 4.37. The van der Waals surface area contributed by atoms with Crippen LogP contribution in [-0.2, 0) is 16.6 Å². The summed E-state index contributed by atoms with van der Waals surface area (Å²) in [4.78, 5) is 16.2. The molecule has 0 aliphatic rings. The number of amides is 1. The number of benzene rings is 1. The maximum absolute atomic E-state index is 13.0. The Labute approximate surface area is 136 Å². The predicted molar refractivity (Wildman–Crippen MR) is 84.0 cm³/mol. The molecule has 0 radical (unpaired) electrons. The van der Waals surface area contributed by atoms with E-state index >= 15 is 0 Å². The van der Waals surface area contributed by atoms with Gasteiger partial charge in [0, 0.05) is 22.7 Å². The molecule has 0 unspecified atom stereocenters. The zero-order chi connectivity index (χ0) is 16.3. The highest BCUT2D eigenvalue weighted by atomic mass is 79.9. The van der Waals surface area contributed by atoms with E-state index in [1.54, 1.807) is 0 Å². The molecule has 1 aromatic heterocycles. The SMILES string of the molecule is CC(C)(C)c1noc(CCC(=O)Nc2ccc(F)cc2Br)n1. The molecule has 0 atom stereocenters. The molecule has 2 aromatic rings. The quantitative estimate of drug-likeness (QED) is 0.888. The van der Waals surface area contributed by atoms with Crippen molar-refractivity contribution in [2.45, 2.75) is 39.0 Å². The van der Waals surface area contributed by atoms with E-state index in [1.165, 1.54) is 18.2 Å². The molecular weight excluding hydrogens is 353 g/mol. The lowest BCUT2D eigenvalue weighted by atomic mass is 9.96. The summed E-state index contributed by atoms with van der Waals surface area (Å²) >= 11 is 3.20. The van der Waals surface area contributed by atoms with Gasteiger partial charge in [-0.1, -0.05) is 25.9 Å². The minimum atomic E-state index is -0.370. The van der Waals surface area contributed by atoms with E-state index in [2.05, 4.69) is 31.4 Å². The van der Waals surface area contributed by atoms with Crippen molar-refractivity contribution in [2.24, 2.45) is 0 Å². The Morgan fingerprint density at radius 1 is 1.41 bits per heavy atom. The summed E-state index contributed by atoms with van der Waals surface area (Å²) in [6, 6.07) is 4.08. The van der Waals surface area contributed by atoms with Gasteiger partial charge in [-0.05, 0) is 34.1 Å². The molecule has 0 aliphatic heterocycles. The fourth-order valence-electron chi connectivity index (χ4n) is 1.69. The molecule has 1 aromatic carbocycles. The van der Waals surface area contributed by atoms with Gasteiger partial charge in [0.2, 0.25) is 11.8 Å². The maximum Gasteiger partial charge on any atom is 0.227 e. The summed E-state index contributed by atoms with van der Waals surface area (Å²) in [5.41, 5.74) is 0.329. The van der Waals surface area contributed by atoms with Gasteiger partial charge in [0.25, 0.3) is 0 Å². The Kier molecular flexibility index (Phi) is 4.95. The number of nitrogens with zero attached hydrogens (tertiary/aromatic N) is 2. The van der Waals surface area contributed by atoms with E-state index in [0.29, 0.717) is 28.3 Å². The van der Waals surface area contributed by atoms with Crippen molar-refractivity contribution in [1.29, 1.82) is 0 Å². The molecule has 1 N–H and O–H groups in total. The molecule has 22 heavy (non-hydrogen) atoms. The van der Waals surface area contributed by atoms with Gasteiger partial charge in [0.05, 0.1) is 5.69 Å². The van der Waals surface area contributed by atoms with Crippen molar-refractivity contribution in [3.05, 3.63) is 40.2 Å². The summed E-state index contributed by atoms with van der Waals surface area (Å²) in [5, 5.41) is 6.61. The fourth-order valence-corrected chi connectivity index (χ4v) is 2.14. The van der Waals surface area contributed by atoms with Crippen LogP contribution in [0.3, 0.4) is 0 Å². The summed E-state index contributed by atoms with van der Waals surface area (Å²) in [6.07, 6.45) is 0.559. The van der Waals surface area contributed by atoms with Gasteiger partial charge in [-0.3, -0.25) is 4.79 Å².